The van der Waals surface area contributed by atoms with Gasteiger partial charge in [-0.2, -0.15) is 5.10 Å². The van der Waals surface area contributed by atoms with Gasteiger partial charge >= 0.3 is 0 Å². The van der Waals surface area contributed by atoms with Gasteiger partial charge in [-0.3, -0.25) is 9.40 Å². The first kappa shape index (κ1) is 15.5. The third-order valence-electron chi connectivity index (χ3n) is 2.69. The van der Waals surface area contributed by atoms with Gasteiger partial charge in [0.1, 0.15) is 4.90 Å². The zero-order valence-electron chi connectivity index (χ0n) is 11.3. The monoisotopic (exact) mass is 330 g/mol. The Morgan fingerprint density at radius 3 is 2.14 bits per heavy atom. The fraction of sp³-hybridized carbons (Fsp3) is 0.182. The molecule has 1 heterocycles. The second kappa shape index (κ2) is 5.13. The van der Waals surface area contributed by atoms with E-state index < -0.39 is 20.0 Å². The summed E-state index contributed by atoms with van der Waals surface area (Å²) >= 11 is 0. The molecule has 0 saturated carbocycles. The molecule has 0 fully saturated rings. The van der Waals surface area contributed by atoms with E-state index in [2.05, 4.69) is 9.82 Å². The molecule has 8 nitrogen and oxygen atoms in total. The molecule has 0 spiro atoms. The predicted octanol–water partition coefficient (Wildman–Crippen LogP) is 0.177. The summed E-state index contributed by atoms with van der Waals surface area (Å²) in [5.41, 5.74) is 0.594. The van der Waals surface area contributed by atoms with Crippen LogP contribution in [0.1, 0.15) is 5.69 Å². The van der Waals surface area contributed by atoms with Crippen LogP contribution in [0.15, 0.2) is 40.3 Å². The number of hydrogen-bond acceptors (Lipinski definition) is 5. The summed E-state index contributed by atoms with van der Waals surface area (Å²) in [6, 6.07) is 5.10. The van der Waals surface area contributed by atoms with Gasteiger partial charge in [-0.05, 0) is 31.2 Å². The van der Waals surface area contributed by atoms with E-state index in [0.29, 0.717) is 5.69 Å². The Morgan fingerprint density at radius 2 is 1.71 bits per heavy atom. The maximum Gasteiger partial charge on any atom is 0.265 e. The van der Waals surface area contributed by atoms with E-state index in [9.17, 15) is 16.8 Å². The van der Waals surface area contributed by atoms with E-state index in [1.807, 2.05) is 0 Å². The van der Waals surface area contributed by atoms with Crippen LogP contribution in [-0.4, -0.2) is 26.6 Å². The second-order valence-corrected chi connectivity index (χ2v) is 7.64. The Balaban J connectivity index is 2.31. The SMILES string of the molecule is Cc1nn(C)cc1S(=O)(=O)Nc1ccc(S(N)(=O)=O)cc1. The van der Waals surface area contributed by atoms with Crippen molar-refractivity contribution in [3.05, 3.63) is 36.2 Å². The smallest absolute Gasteiger partial charge is 0.265 e. The van der Waals surface area contributed by atoms with Crippen molar-refractivity contribution in [3.63, 3.8) is 0 Å². The quantitative estimate of drug-likeness (QED) is 0.827. The van der Waals surface area contributed by atoms with Crippen molar-refractivity contribution in [2.45, 2.75) is 16.7 Å². The van der Waals surface area contributed by atoms with Crippen LogP contribution in [0.3, 0.4) is 0 Å². The van der Waals surface area contributed by atoms with Gasteiger partial charge in [0.05, 0.1) is 10.6 Å². The maximum absolute atomic E-state index is 12.2. The highest BCUT2D eigenvalue weighted by molar-refractivity contribution is 7.92. The fourth-order valence-electron chi connectivity index (χ4n) is 1.76. The third-order valence-corrected chi connectivity index (χ3v) is 5.11. The maximum atomic E-state index is 12.2. The molecule has 0 radical (unpaired) electrons. The van der Waals surface area contributed by atoms with Crippen molar-refractivity contribution in [2.24, 2.45) is 12.2 Å². The summed E-state index contributed by atoms with van der Waals surface area (Å²) < 4.78 is 50.4. The van der Waals surface area contributed by atoms with Crippen LogP contribution in [-0.2, 0) is 27.1 Å². The first-order valence-electron chi connectivity index (χ1n) is 5.75. The van der Waals surface area contributed by atoms with E-state index in [-0.39, 0.29) is 15.5 Å². The Hall–Kier alpha value is -1.91. The molecule has 0 saturated heterocycles. The van der Waals surface area contributed by atoms with Gasteiger partial charge in [-0.15, -0.1) is 0 Å². The van der Waals surface area contributed by atoms with Gasteiger partial charge in [0.25, 0.3) is 10.0 Å². The Morgan fingerprint density at radius 1 is 1.14 bits per heavy atom. The Kier molecular flexibility index (Phi) is 3.78. The highest BCUT2D eigenvalue weighted by atomic mass is 32.2. The van der Waals surface area contributed by atoms with Gasteiger partial charge in [0.15, 0.2) is 0 Å². The molecule has 0 aliphatic heterocycles. The summed E-state index contributed by atoms with van der Waals surface area (Å²) in [6.07, 6.45) is 1.39. The summed E-state index contributed by atoms with van der Waals surface area (Å²) in [7, 11) is -5.98. The summed E-state index contributed by atoms with van der Waals surface area (Å²) in [5.74, 6) is 0. The number of aromatic nitrogens is 2. The molecule has 0 bridgehead atoms. The van der Waals surface area contributed by atoms with Gasteiger partial charge in [0.2, 0.25) is 10.0 Å². The van der Waals surface area contributed by atoms with Gasteiger partial charge in [0, 0.05) is 18.9 Å². The van der Waals surface area contributed by atoms with Crippen LogP contribution in [0, 0.1) is 6.92 Å². The lowest BCUT2D eigenvalue weighted by Gasteiger charge is -2.07. The largest absolute Gasteiger partial charge is 0.280 e. The molecule has 0 unspecified atom stereocenters. The molecular formula is C11H14N4O4S2. The normalized spacial score (nSPS) is 12.3. The van der Waals surface area contributed by atoms with Crippen molar-refractivity contribution in [1.29, 1.82) is 0 Å². The molecule has 2 aromatic rings. The van der Waals surface area contributed by atoms with Crippen molar-refractivity contribution in [1.82, 2.24) is 9.78 Å². The van der Waals surface area contributed by atoms with Crippen LogP contribution in [0.25, 0.3) is 0 Å². The van der Waals surface area contributed by atoms with Gasteiger partial charge in [-0.1, -0.05) is 0 Å². The Bertz CT molecular complexity index is 867. The van der Waals surface area contributed by atoms with E-state index in [0.717, 1.165) is 0 Å². The number of nitrogens with two attached hydrogens (primary N) is 1. The topological polar surface area (TPSA) is 124 Å². The number of rotatable bonds is 4. The highest BCUT2D eigenvalue weighted by Gasteiger charge is 2.20. The van der Waals surface area contributed by atoms with Crippen molar-refractivity contribution >= 4 is 25.7 Å². The molecule has 114 valence electrons. The molecule has 3 N–H and O–H groups in total. The number of hydrogen-bond donors (Lipinski definition) is 2. The number of nitrogens with zero attached hydrogens (tertiary/aromatic N) is 2. The average molecular weight is 330 g/mol. The molecule has 1 aromatic carbocycles. The number of aryl methyl sites for hydroxylation is 2. The molecule has 10 heteroatoms. The van der Waals surface area contributed by atoms with Crippen molar-refractivity contribution in [2.75, 3.05) is 4.72 Å². The lowest BCUT2D eigenvalue weighted by Crippen LogP contribution is -2.14. The first-order chi connectivity index (χ1) is 9.59. The second-order valence-electron chi connectivity index (χ2n) is 4.43. The summed E-state index contributed by atoms with van der Waals surface area (Å²) in [5, 5.41) is 8.94. The molecular weight excluding hydrogens is 316 g/mol. The summed E-state index contributed by atoms with van der Waals surface area (Å²) in [4.78, 5) is -0.0384. The molecule has 2 rings (SSSR count). The number of primary sulfonamides is 1. The third kappa shape index (κ3) is 3.40. The van der Waals surface area contributed by atoms with Crippen LogP contribution in [0.2, 0.25) is 0 Å². The molecule has 0 aliphatic rings. The lowest BCUT2D eigenvalue weighted by atomic mass is 10.3. The zero-order chi connectivity index (χ0) is 15.8. The van der Waals surface area contributed by atoms with Crippen molar-refractivity contribution < 1.29 is 16.8 Å². The average Bonchev–Trinajstić information content (AvgIpc) is 2.68. The number of anilines is 1. The predicted molar refractivity (Wildman–Crippen MR) is 76.6 cm³/mol. The minimum Gasteiger partial charge on any atom is -0.280 e. The molecule has 0 amide bonds. The molecule has 21 heavy (non-hydrogen) atoms. The van der Waals surface area contributed by atoms with Gasteiger partial charge < -0.3 is 0 Å². The fourth-order valence-corrected chi connectivity index (χ4v) is 3.56. The zero-order valence-corrected chi connectivity index (χ0v) is 12.9. The molecule has 1 aromatic heterocycles. The van der Waals surface area contributed by atoms with Gasteiger partial charge in [-0.25, -0.2) is 22.0 Å². The minimum absolute atomic E-state index is 0.0560. The van der Waals surface area contributed by atoms with E-state index >= 15 is 0 Å². The van der Waals surface area contributed by atoms with Crippen LogP contribution in [0.5, 0.6) is 0 Å². The number of nitrogens with one attached hydrogen (secondary N) is 1. The van der Waals surface area contributed by atoms with E-state index in [1.165, 1.54) is 35.1 Å². The lowest BCUT2D eigenvalue weighted by molar-refractivity contribution is 0.597. The van der Waals surface area contributed by atoms with Crippen LogP contribution >= 0.6 is 0 Å². The first-order valence-corrected chi connectivity index (χ1v) is 8.78. The highest BCUT2D eigenvalue weighted by Crippen LogP contribution is 2.19. The van der Waals surface area contributed by atoms with Crippen LogP contribution in [0.4, 0.5) is 5.69 Å². The molecule has 0 aliphatic carbocycles. The minimum atomic E-state index is -3.81. The molecule has 0 atom stereocenters. The van der Waals surface area contributed by atoms with Crippen LogP contribution < -0.4 is 9.86 Å². The standard InChI is InChI=1S/C11H14N4O4S2/c1-8-11(7-15(2)13-8)21(18,19)14-9-3-5-10(6-4-9)20(12,16)17/h3-7,14H,1-2H3,(H2,12,16,17). The van der Waals surface area contributed by atoms with E-state index in [4.69, 9.17) is 5.14 Å². The van der Waals surface area contributed by atoms with Crippen molar-refractivity contribution in [3.8, 4) is 0 Å². The summed E-state index contributed by atoms with van der Waals surface area (Å²) in [6.45, 7) is 1.58. The van der Waals surface area contributed by atoms with E-state index in [1.54, 1.807) is 14.0 Å². The number of benzene rings is 1. The Labute approximate surface area is 122 Å². The number of sulfonamides is 2.